The van der Waals surface area contributed by atoms with Crippen LogP contribution in [-0.4, -0.2) is 17.8 Å². The Labute approximate surface area is 167 Å². The highest BCUT2D eigenvalue weighted by Crippen LogP contribution is 2.39. The number of benzene rings is 3. The SMILES string of the molecule is CNc1ccc(/C=C2/C(=O)c3ccccc3OC2c2ccccc2)cc1[N+](=O)[O-]. The zero-order valence-electron chi connectivity index (χ0n) is 15.7. The first-order valence-electron chi connectivity index (χ1n) is 9.11. The van der Waals surface area contributed by atoms with E-state index in [-0.39, 0.29) is 11.5 Å². The van der Waals surface area contributed by atoms with Crippen molar-refractivity contribution >= 4 is 23.2 Å². The van der Waals surface area contributed by atoms with Gasteiger partial charge in [-0.15, -0.1) is 0 Å². The van der Waals surface area contributed by atoms with Gasteiger partial charge >= 0.3 is 0 Å². The molecule has 1 heterocycles. The molecule has 0 aliphatic carbocycles. The van der Waals surface area contributed by atoms with Crippen LogP contribution < -0.4 is 10.1 Å². The van der Waals surface area contributed by atoms with Crippen LogP contribution in [0.3, 0.4) is 0 Å². The zero-order valence-corrected chi connectivity index (χ0v) is 15.7. The Morgan fingerprint density at radius 1 is 1.03 bits per heavy atom. The van der Waals surface area contributed by atoms with Gasteiger partial charge < -0.3 is 10.1 Å². The fourth-order valence-electron chi connectivity index (χ4n) is 3.42. The van der Waals surface area contributed by atoms with Gasteiger partial charge in [-0.1, -0.05) is 48.5 Å². The molecule has 1 N–H and O–H groups in total. The van der Waals surface area contributed by atoms with Crippen LogP contribution in [-0.2, 0) is 0 Å². The molecule has 6 heteroatoms. The lowest BCUT2D eigenvalue weighted by molar-refractivity contribution is -0.384. The van der Waals surface area contributed by atoms with E-state index in [1.807, 2.05) is 36.4 Å². The van der Waals surface area contributed by atoms with Gasteiger partial charge in [-0.05, 0) is 35.4 Å². The Bertz CT molecular complexity index is 1120. The van der Waals surface area contributed by atoms with E-state index in [0.29, 0.717) is 28.1 Å². The summed E-state index contributed by atoms with van der Waals surface area (Å²) < 4.78 is 6.16. The van der Waals surface area contributed by atoms with Crippen LogP contribution in [0.2, 0.25) is 0 Å². The maximum Gasteiger partial charge on any atom is 0.292 e. The second-order valence-corrected chi connectivity index (χ2v) is 6.62. The van der Waals surface area contributed by atoms with E-state index in [1.54, 1.807) is 43.5 Å². The molecule has 1 aliphatic rings. The number of ether oxygens (including phenoxy) is 1. The minimum Gasteiger partial charge on any atom is -0.480 e. The van der Waals surface area contributed by atoms with Crippen molar-refractivity contribution in [3.8, 4) is 5.75 Å². The third-order valence-corrected chi connectivity index (χ3v) is 4.83. The summed E-state index contributed by atoms with van der Waals surface area (Å²) in [6.45, 7) is 0. The monoisotopic (exact) mass is 386 g/mol. The van der Waals surface area contributed by atoms with E-state index in [0.717, 1.165) is 5.56 Å². The first kappa shape index (κ1) is 18.4. The van der Waals surface area contributed by atoms with E-state index >= 15 is 0 Å². The summed E-state index contributed by atoms with van der Waals surface area (Å²) in [7, 11) is 1.63. The molecule has 1 atom stereocenters. The highest BCUT2D eigenvalue weighted by atomic mass is 16.6. The van der Waals surface area contributed by atoms with Crippen LogP contribution in [0.5, 0.6) is 5.75 Å². The lowest BCUT2D eigenvalue weighted by atomic mass is 9.89. The average molecular weight is 386 g/mol. The quantitative estimate of drug-likeness (QED) is 0.386. The number of carbonyl (C=O) groups is 1. The Kier molecular flexibility index (Phi) is 4.83. The number of hydrogen-bond acceptors (Lipinski definition) is 5. The highest BCUT2D eigenvalue weighted by molar-refractivity contribution is 6.14. The molecule has 0 bridgehead atoms. The summed E-state index contributed by atoms with van der Waals surface area (Å²) in [6, 6.07) is 21.4. The van der Waals surface area contributed by atoms with Gasteiger partial charge in [0.2, 0.25) is 0 Å². The minimum absolute atomic E-state index is 0.0531. The number of nitrogens with one attached hydrogen (secondary N) is 1. The molecule has 1 unspecified atom stereocenters. The van der Waals surface area contributed by atoms with Gasteiger partial charge in [0.25, 0.3) is 5.69 Å². The Morgan fingerprint density at radius 3 is 2.48 bits per heavy atom. The molecule has 3 aromatic rings. The van der Waals surface area contributed by atoms with Crippen LogP contribution in [0, 0.1) is 10.1 Å². The summed E-state index contributed by atoms with van der Waals surface area (Å²) in [5.74, 6) is 0.376. The minimum atomic E-state index is -0.596. The topological polar surface area (TPSA) is 81.5 Å². The van der Waals surface area contributed by atoms with Gasteiger partial charge in [-0.25, -0.2) is 0 Å². The molecule has 0 spiro atoms. The fraction of sp³-hybridized carbons (Fsp3) is 0.0870. The van der Waals surface area contributed by atoms with E-state index < -0.39 is 11.0 Å². The average Bonchev–Trinajstić information content (AvgIpc) is 2.76. The van der Waals surface area contributed by atoms with Crippen LogP contribution in [0.25, 0.3) is 6.08 Å². The lowest BCUT2D eigenvalue weighted by Gasteiger charge is -2.28. The molecule has 0 aromatic heterocycles. The van der Waals surface area contributed by atoms with Crippen LogP contribution in [0.4, 0.5) is 11.4 Å². The Hall–Kier alpha value is -3.93. The summed E-state index contributed by atoms with van der Waals surface area (Å²) >= 11 is 0. The van der Waals surface area contributed by atoms with Crippen molar-refractivity contribution in [1.82, 2.24) is 0 Å². The van der Waals surface area contributed by atoms with E-state index in [1.165, 1.54) is 6.07 Å². The fourth-order valence-corrected chi connectivity index (χ4v) is 3.42. The predicted molar refractivity (Wildman–Crippen MR) is 111 cm³/mol. The van der Waals surface area contributed by atoms with Crippen molar-refractivity contribution in [3.05, 3.63) is 105 Å². The molecule has 0 fully saturated rings. The number of hydrogen-bond donors (Lipinski definition) is 1. The van der Waals surface area contributed by atoms with Gasteiger partial charge in [-0.2, -0.15) is 0 Å². The summed E-state index contributed by atoms with van der Waals surface area (Å²) in [5, 5.41) is 14.2. The van der Waals surface area contributed by atoms with Crippen LogP contribution in [0.15, 0.2) is 78.4 Å². The van der Waals surface area contributed by atoms with Crippen molar-refractivity contribution in [2.24, 2.45) is 0 Å². The standard InChI is InChI=1S/C23H18N2O4/c1-24-19-12-11-15(14-20(19)25(27)28)13-18-22(26)17-9-5-6-10-21(17)29-23(18)16-7-3-2-4-8-16/h2-14,23-24H,1H3/b18-13-. The van der Waals surface area contributed by atoms with E-state index in [2.05, 4.69) is 5.32 Å². The summed E-state index contributed by atoms with van der Waals surface area (Å²) in [6.07, 6.45) is 1.07. The number of fused-ring (bicyclic) bond motifs is 1. The van der Waals surface area contributed by atoms with Crippen molar-refractivity contribution in [1.29, 1.82) is 0 Å². The van der Waals surface area contributed by atoms with Crippen molar-refractivity contribution in [2.45, 2.75) is 6.10 Å². The maximum atomic E-state index is 13.3. The van der Waals surface area contributed by atoms with E-state index in [9.17, 15) is 14.9 Å². The summed E-state index contributed by atoms with van der Waals surface area (Å²) in [5.41, 5.74) is 2.66. The van der Waals surface area contributed by atoms with Gasteiger partial charge in [0.05, 0.1) is 10.5 Å². The molecule has 0 radical (unpaired) electrons. The van der Waals surface area contributed by atoms with Crippen LogP contribution in [0.1, 0.15) is 27.6 Å². The van der Waals surface area contributed by atoms with Crippen molar-refractivity contribution in [2.75, 3.05) is 12.4 Å². The van der Waals surface area contributed by atoms with Gasteiger partial charge in [-0.3, -0.25) is 14.9 Å². The normalized spacial score (nSPS) is 16.8. The third-order valence-electron chi connectivity index (χ3n) is 4.83. The number of ketones is 1. The molecule has 0 amide bonds. The van der Waals surface area contributed by atoms with Crippen LogP contribution >= 0.6 is 0 Å². The summed E-state index contributed by atoms with van der Waals surface area (Å²) in [4.78, 5) is 24.2. The predicted octanol–water partition coefficient (Wildman–Crippen LogP) is 5.04. The molecular weight excluding hydrogens is 368 g/mol. The largest absolute Gasteiger partial charge is 0.480 e. The number of nitro groups is 1. The first-order chi connectivity index (χ1) is 14.1. The maximum absolute atomic E-state index is 13.3. The Morgan fingerprint density at radius 2 is 1.76 bits per heavy atom. The highest BCUT2D eigenvalue weighted by Gasteiger charge is 2.32. The number of anilines is 1. The third kappa shape index (κ3) is 3.48. The molecule has 3 aromatic carbocycles. The van der Waals surface area contributed by atoms with Gasteiger partial charge in [0, 0.05) is 18.7 Å². The molecule has 144 valence electrons. The number of nitrogens with zero attached hydrogens (tertiary/aromatic N) is 1. The molecular formula is C23H18N2O4. The molecule has 0 saturated carbocycles. The molecule has 0 saturated heterocycles. The number of carbonyl (C=O) groups excluding carboxylic acids is 1. The smallest absolute Gasteiger partial charge is 0.292 e. The molecule has 6 nitrogen and oxygen atoms in total. The molecule has 29 heavy (non-hydrogen) atoms. The van der Waals surface area contributed by atoms with Gasteiger partial charge in [0.1, 0.15) is 11.4 Å². The molecule has 1 aliphatic heterocycles. The second kappa shape index (κ2) is 7.59. The lowest BCUT2D eigenvalue weighted by Crippen LogP contribution is -2.23. The second-order valence-electron chi connectivity index (χ2n) is 6.62. The van der Waals surface area contributed by atoms with Crippen molar-refractivity contribution in [3.63, 3.8) is 0 Å². The van der Waals surface area contributed by atoms with E-state index in [4.69, 9.17) is 4.74 Å². The Balaban J connectivity index is 1.86. The molecule has 4 rings (SSSR count). The number of nitro benzene ring substituents is 1. The number of para-hydroxylation sites is 1. The van der Waals surface area contributed by atoms with Crippen molar-refractivity contribution < 1.29 is 14.5 Å². The number of Topliss-reactive ketones (excluding diaryl/α,β-unsaturated/α-hetero) is 1. The zero-order chi connectivity index (χ0) is 20.4. The van der Waals surface area contributed by atoms with Gasteiger partial charge in [0.15, 0.2) is 11.9 Å². The number of rotatable bonds is 4. The first-order valence-corrected chi connectivity index (χ1v) is 9.11.